The van der Waals surface area contributed by atoms with Gasteiger partial charge in [-0.05, 0) is 13.3 Å². The monoisotopic (exact) mass is 319 g/mol. The Hall–Kier alpha value is -2.22. The van der Waals surface area contributed by atoms with E-state index in [1.165, 1.54) is 0 Å². The van der Waals surface area contributed by atoms with Gasteiger partial charge in [-0.3, -0.25) is 9.69 Å². The zero-order valence-electron chi connectivity index (χ0n) is 13.7. The molecule has 0 saturated carbocycles. The fourth-order valence-electron chi connectivity index (χ4n) is 2.93. The molecule has 0 radical (unpaired) electrons. The van der Waals surface area contributed by atoms with Gasteiger partial charge in [-0.15, -0.1) is 0 Å². The second-order valence-electron chi connectivity index (χ2n) is 5.92. The summed E-state index contributed by atoms with van der Waals surface area (Å²) in [6.07, 6.45) is 2.64. The number of likely N-dealkylation sites (tertiary alicyclic amines) is 1. The number of hydrogen-bond acceptors (Lipinski definition) is 7. The van der Waals surface area contributed by atoms with E-state index >= 15 is 0 Å². The largest absolute Gasteiger partial charge is 0.445 e. The van der Waals surface area contributed by atoms with E-state index in [2.05, 4.69) is 20.0 Å². The first-order valence-electron chi connectivity index (χ1n) is 7.71. The molecule has 1 amide bonds. The van der Waals surface area contributed by atoms with Crippen molar-refractivity contribution in [2.45, 2.75) is 46.3 Å². The number of oxazole rings is 1. The molecule has 0 N–H and O–H groups in total. The van der Waals surface area contributed by atoms with E-state index in [1.54, 1.807) is 20.0 Å². The molecule has 1 unspecified atom stereocenters. The van der Waals surface area contributed by atoms with Gasteiger partial charge in [-0.1, -0.05) is 5.16 Å². The van der Waals surface area contributed by atoms with Crippen LogP contribution in [-0.2, 0) is 17.9 Å². The Balaban J connectivity index is 1.61. The molecule has 1 atom stereocenters. The van der Waals surface area contributed by atoms with E-state index in [-0.39, 0.29) is 11.9 Å². The minimum Gasteiger partial charge on any atom is -0.445 e. The fraction of sp³-hybridized carbons (Fsp3) is 0.600. The third-order valence-corrected chi connectivity index (χ3v) is 4.00. The van der Waals surface area contributed by atoms with Crippen LogP contribution in [0.25, 0.3) is 0 Å². The average molecular weight is 319 g/mol. The van der Waals surface area contributed by atoms with Crippen LogP contribution >= 0.6 is 0 Å². The first-order valence-corrected chi connectivity index (χ1v) is 7.71. The smallest absolute Gasteiger partial charge is 0.223 e. The van der Waals surface area contributed by atoms with Gasteiger partial charge < -0.3 is 13.8 Å². The number of hydrogen-bond donors (Lipinski definition) is 0. The second-order valence-corrected chi connectivity index (χ2v) is 5.92. The molecule has 3 heterocycles. The third-order valence-electron chi connectivity index (χ3n) is 4.00. The van der Waals surface area contributed by atoms with E-state index in [0.717, 1.165) is 25.3 Å². The molecule has 23 heavy (non-hydrogen) atoms. The molecule has 1 saturated heterocycles. The highest BCUT2D eigenvalue weighted by molar-refractivity contribution is 5.73. The standard InChI is InChI=1S/C15H21N5O3/c1-10-6-16-15(22-10)9-19-5-4-13(7-19)20(12(3)21)8-14-17-11(2)23-18-14/h6,13H,4-5,7-9H2,1-3H3. The molecule has 2 aromatic rings. The number of aryl methyl sites for hydroxylation is 2. The lowest BCUT2D eigenvalue weighted by molar-refractivity contribution is -0.131. The summed E-state index contributed by atoms with van der Waals surface area (Å²) in [4.78, 5) is 24.5. The summed E-state index contributed by atoms with van der Waals surface area (Å²) in [7, 11) is 0. The first kappa shape index (κ1) is 15.7. The molecule has 2 aromatic heterocycles. The van der Waals surface area contributed by atoms with Gasteiger partial charge >= 0.3 is 0 Å². The van der Waals surface area contributed by atoms with Crippen molar-refractivity contribution in [3.8, 4) is 0 Å². The molecule has 1 aliphatic rings. The van der Waals surface area contributed by atoms with Crippen LogP contribution in [0.15, 0.2) is 15.1 Å². The zero-order chi connectivity index (χ0) is 16.4. The second kappa shape index (κ2) is 6.49. The van der Waals surface area contributed by atoms with E-state index < -0.39 is 0 Å². The SMILES string of the molecule is CC(=O)N(Cc1noc(C)n1)C1CCN(Cc2ncc(C)o2)C1. The van der Waals surface area contributed by atoms with Crippen molar-refractivity contribution < 1.29 is 13.7 Å². The summed E-state index contributed by atoms with van der Waals surface area (Å²) in [5.41, 5.74) is 0. The molecular weight excluding hydrogens is 298 g/mol. The Labute approximate surface area is 134 Å². The topological polar surface area (TPSA) is 88.5 Å². The minimum absolute atomic E-state index is 0.0197. The van der Waals surface area contributed by atoms with Crippen molar-refractivity contribution in [1.29, 1.82) is 0 Å². The highest BCUT2D eigenvalue weighted by Gasteiger charge is 2.30. The van der Waals surface area contributed by atoms with Gasteiger partial charge in [0.25, 0.3) is 0 Å². The maximum absolute atomic E-state index is 12.0. The van der Waals surface area contributed by atoms with Crippen molar-refractivity contribution in [2.24, 2.45) is 0 Å². The molecule has 124 valence electrons. The predicted octanol–water partition coefficient (Wildman–Crippen LogP) is 1.30. The molecule has 3 rings (SSSR count). The molecule has 0 bridgehead atoms. The van der Waals surface area contributed by atoms with Crippen LogP contribution in [0.4, 0.5) is 0 Å². The number of rotatable bonds is 5. The van der Waals surface area contributed by atoms with Crippen molar-refractivity contribution in [3.05, 3.63) is 29.6 Å². The molecule has 8 heteroatoms. The van der Waals surface area contributed by atoms with Crippen LogP contribution in [0, 0.1) is 13.8 Å². The van der Waals surface area contributed by atoms with Crippen LogP contribution in [0.2, 0.25) is 0 Å². The highest BCUT2D eigenvalue weighted by Crippen LogP contribution is 2.20. The lowest BCUT2D eigenvalue weighted by Gasteiger charge is -2.26. The molecule has 0 aromatic carbocycles. The van der Waals surface area contributed by atoms with Gasteiger partial charge in [0.2, 0.25) is 17.7 Å². The van der Waals surface area contributed by atoms with Crippen molar-refractivity contribution in [3.63, 3.8) is 0 Å². The van der Waals surface area contributed by atoms with E-state index in [1.807, 2.05) is 11.8 Å². The number of amides is 1. The number of nitrogens with zero attached hydrogens (tertiary/aromatic N) is 5. The van der Waals surface area contributed by atoms with E-state index in [4.69, 9.17) is 8.94 Å². The Morgan fingerprint density at radius 3 is 2.91 bits per heavy atom. The van der Waals surface area contributed by atoms with Gasteiger partial charge in [0.05, 0.1) is 19.3 Å². The summed E-state index contributed by atoms with van der Waals surface area (Å²) in [5.74, 6) is 2.60. The summed E-state index contributed by atoms with van der Waals surface area (Å²) in [6.45, 7) is 7.94. The molecule has 0 spiro atoms. The van der Waals surface area contributed by atoms with Gasteiger partial charge in [-0.2, -0.15) is 4.98 Å². The van der Waals surface area contributed by atoms with Crippen LogP contribution in [0.1, 0.15) is 36.7 Å². The van der Waals surface area contributed by atoms with Crippen molar-refractivity contribution in [2.75, 3.05) is 13.1 Å². The summed E-state index contributed by atoms with van der Waals surface area (Å²) in [5, 5.41) is 3.88. The van der Waals surface area contributed by atoms with Crippen LogP contribution < -0.4 is 0 Å². The molecule has 8 nitrogen and oxygen atoms in total. The van der Waals surface area contributed by atoms with Crippen LogP contribution in [-0.4, -0.2) is 50.0 Å². The molecule has 0 aliphatic carbocycles. The lowest BCUT2D eigenvalue weighted by Crippen LogP contribution is -2.40. The normalized spacial score (nSPS) is 18.5. The van der Waals surface area contributed by atoms with Crippen molar-refractivity contribution >= 4 is 5.91 Å². The van der Waals surface area contributed by atoms with Crippen LogP contribution in [0.5, 0.6) is 0 Å². The lowest BCUT2D eigenvalue weighted by atomic mass is 10.2. The fourth-order valence-corrected chi connectivity index (χ4v) is 2.93. The Kier molecular flexibility index (Phi) is 4.42. The summed E-state index contributed by atoms with van der Waals surface area (Å²) < 4.78 is 10.5. The molecule has 1 fully saturated rings. The highest BCUT2D eigenvalue weighted by atomic mass is 16.5. The van der Waals surface area contributed by atoms with Crippen molar-refractivity contribution in [1.82, 2.24) is 24.9 Å². The predicted molar refractivity (Wildman–Crippen MR) is 80.2 cm³/mol. The van der Waals surface area contributed by atoms with E-state index in [9.17, 15) is 4.79 Å². The number of carbonyl (C=O) groups is 1. The zero-order valence-corrected chi connectivity index (χ0v) is 13.7. The van der Waals surface area contributed by atoms with Gasteiger partial charge in [-0.25, -0.2) is 4.98 Å². The molecular formula is C15H21N5O3. The minimum atomic E-state index is 0.0197. The maximum Gasteiger partial charge on any atom is 0.223 e. The maximum atomic E-state index is 12.0. The average Bonchev–Trinajstić information content (AvgIpc) is 3.19. The number of carbonyl (C=O) groups excluding carboxylic acids is 1. The Bertz CT molecular complexity index is 680. The van der Waals surface area contributed by atoms with Gasteiger partial charge in [0.1, 0.15) is 5.76 Å². The third kappa shape index (κ3) is 3.76. The Morgan fingerprint density at radius 1 is 1.48 bits per heavy atom. The first-order chi connectivity index (χ1) is 11.0. The van der Waals surface area contributed by atoms with Gasteiger partial charge in [0, 0.05) is 33.0 Å². The van der Waals surface area contributed by atoms with Gasteiger partial charge in [0.15, 0.2) is 5.82 Å². The van der Waals surface area contributed by atoms with Crippen LogP contribution in [0.3, 0.4) is 0 Å². The summed E-state index contributed by atoms with van der Waals surface area (Å²) >= 11 is 0. The van der Waals surface area contributed by atoms with E-state index in [0.29, 0.717) is 30.7 Å². The quantitative estimate of drug-likeness (QED) is 0.820. The Morgan fingerprint density at radius 2 is 2.30 bits per heavy atom. The summed E-state index contributed by atoms with van der Waals surface area (Å²) in [6, 6.07) is 0.141. The molecule has 1 aliphatic heterocycles. The number of aromatic nitrogens is 3.